The Bertz CT molecular complexity index is 750. The summed E-state index contributed by atoms with van der Waals surface area (Å²) in [5.74, 6) is 0.760. The van der Waals surface area contributed by atoms with Crippen LogP contribution in [0.3, 0.4) is 0 Å². The number of benzene rings is 1. The zero-order chi connectivity index (χ0) is 15.6. The average Bonchev–Trinajstić information content (AvgIpc) is 3.16. The van der Waals surface area contributed by atoms with E-state index in [4.69, 9.17) is 4.42 Å². The highest BCUT2D eigenvalue weighted by molar-refractivity contribution is 7.14. The Morgan fingerprint density at radius 1 is 1.18 bits per heavy atom. The van der Waals surface area contributed by atoms with Crippen molar-refractivity contribution < 1.29 is 17.6 Å². The molecule has 3 aromatic rings. The van der Waals surface area contributed by atoms with Crippen molar-refractivity contribution in [2.45, 2.75) is 12.7 Å². The number of hydrogen-bond donors (Lipinski definition) is 1. The minimum Gasteiger partial charge on any atom is -0.467 e. The predicted molar refractivity (Wildman–Crippen MR) is 78.6 cm³/mol. The quantitative estimate of drug-likeness (QED) is 0.731. The first-order valence-corrected chi connectivity index (χ1v) is 7.30. The first-order chi connectivity index (χ1) is 10.5. The highest BCUT2D eigenvalue weighted by Crippen LogP contribution is 2.33. The fourth-order valence-electron chi connectivity index (χ4n) is 1.92. The van der Waals surface area contributed by atoms with Gasteiger partial charge in [0.25, 0.3) is 0 Å². The van der Waals surface area contributed by atoms with E-state index in [0.717, 1.165) is 17.9 Å². The largest absolute Gasteiger partial charge is 0.467 e. The van der Waals surface area contributed by atoms with Gasteiger partial charge in [-0.05, 0) is 24.3 Å². The summed E-state index contributed by atoms with van der Waals surface area (Å²) in [6, 6.07) is 8.76. The molecule has 0 aliphatic heterocycles. The summed E-state index contributed by atoms with van der Waals surface area (Å²) >= 11 is 1.33. The van der Waals surface area contributed by atoms with Gasteiger partial charge in [0.15, 0.2) is 5.13 Å². The number of aromatic nitrogens is 1. The Morgan fingerprint density at radius 3 is 2.77 bits per heavy atom. The van der Waals surface area contributed by atoms with Crippen molar-refractivity contribution in [2.24, 2.45) is 0 Å². The Hall–Kier alpha value is -2.28. The van der Waals surface area contributed by atoms with Gasteiger partial charge in [-0.2, -0.15) is 13.2 Å². The van der Waals surface area contributed by atoms with E-state index in [-0.39, 0.29) is 0 Å². The lowest BCUT2D eigenvalue weighted by Crippen LogP contribution is -2.04. The zero-order valence-electron chi connectivity index (χ0n) is 11.2. The Kier molecular flexibility index (Phi) is 3.89. The molecule has 114 valence electrons. The average molecular weight is 324 g/mol. The number of hydrogen-bond acceptors (Lipinski definition) is 4. The van der Waals surface area contributed by atoms with Crippen LogP contribution < -0.4 is 5.32 Å². The van der Waals surface area contributed by atoms with Crippen LogP contribution in [0.1, 0.15) is 11.3 Å². The van der Waals surface area contributed by atoms with E-state index in [2.05, 4.69) is 10.3 Å². The molecule has 0 saturated heterocycles. The molecule has 0 atom stereocenters. The van der Waals surface area contributed by atoms with Gasteiger partial charge in [0.1, 0.15) is 5.76 Å². The summed E-state index contributed by atoms with van der Waals surface area (Å²) in [5.41, 5.74) is 0.276. The third-order valence-electron chi connectivity index (χ3n) is 2.98. The molecule has 0 aliphatic carbocycles. The highest BCUT2D eigenvalue weighted by atomic mass is 32.1. The van der Waals surface area contributed by atoms with Crippen LogP contribution in [0.2, 0.25) is 0 Å². The van der Waals surface area contributed by atoms with Crippen LogP contribution in [0.5, 0.6) is 0 Å². The summed E-state index contributed by atoms with van der Waals surface area (Å²) in [6.45, 7) is 0.475. The molecule has 1 N–H and O–H groups in total. The van der Waals surface area contributed by atoms with Crippen molar-refractivity contribution in [2.75, 3.05) is 5.32 Å². The molecule has 0 saturated carbocycles. The summed E-state index contributed by atoms with van der Waals surface area (Å²) in [4.78, 5) is 4.30. The van der Waals surface area contributed by atoms with Crippen LogP contribution in [-0.2, 0) is 12.7 Å². The molecule has 0 radical (unpaired) electrons. The molecule has 0 amide bonds. The monoisotopic (exact) mass is 324 g/mol. The predicted octanol–water partition coefficient (Wildman–Crippen LogP) is 5.03. The Labute approximate surface area is 128 Å². The maximum atomic E-state index is 12.7. The van der Waals surface area contributed by atoms with Crippen molar-refractivity contribution in [1.82, 2.24) is 4.98 Å². The van der Waals surface area contributed by atoms with Crippen LogP contribution in [0.25, 0.3) is 11.3 Å². The number of halogens is 3. The van der Waals surface area contributed by atoms with Crippen LogP contribution in [0.4, 0.5) is 18.3 Å². The van der Waals surface area contributed by atoms with Crippen molar-refractivity contribution in [3.63, 3.8) is 0 Å². The summed E-state index contributed by atoms with van der Waals surface area (Å²) in [6.07, 6.45) is -2.78. The Balaban J connectivity index is 1.76. The van der Waals surface area contributed by atoms with Gasteiger partial charge in [0.2, 0.25) is 0 Å². The highest BCUT2D eigenvalue weighted by Gasteiger charge is 2.30. The molecule has 0 unspecified atom stereocenters. The first-order valence-electron chi connectivity index (χ1n) is 6.42. The number of thiazole rings is 1. The Morgan fingerprint density at radius 2 is 2.05 bits per heavy atom. The molecular weight excluding hydrogens is 313 g/mol. The van der Waals surface area contributed by atoms with Gasteiger partial charge in [-0.15, -0.1) is 11.3 Å². The van der Waals surface area contributed by atoms with Gasteiger partial charge in [-0.1, -0.05) is 12.1 Å². The number of nitrogens with one attached hydrogen (secondary N) is 1. The van der Waals surface area contributed by atoms with E-state index in [9.17, 15) is 13.2 Å². The summed E-state index contributed by atoms with van der Waals surface area (Å²) < 4.78 is 43.4. The number of alkyl halides is 3. The summed E-state index contributed by atoms with van der Waals surface area (Å²) in [7, 11) is 0. The van der Waals surface area contributed by atoms with E-state index < -0.39 is 11.7 Å². The number of anilines is 1. The van der Waals surface area contributed by atoms with E-state index in [1.54, 1.807) is 23.8 Å². The van der Waals surface area contributed by atoms with Crippen LogP contribution in [0, 0.1) is 0 Å². The molecule has 0 aliphatic rings. The van der Waals surface area contributed by atoms with Gasteiger partial charge < -0.3 is 9.73 Å². The SMILES string of the molecule is FC(F)(F)c1cccc(-c2csc(NCc3ccco3)n2)c1. The first kappa shape index (κ1) is 14.6. The van der Waals surface area contributed by atoms with E-state index in [1.165, 1.54) is 17.4 Å². The second kappa shape index (κ2) is 5.84. The third kappa shape index (κ3) is 3.30. The van der Waals surface area contributed by atoms with Crippen LogP contribution in [0.15, 0.2) is 52.5 Å². The normalized spacial score (nSPS) is 11.6. The molecular formula is C15H11F3N2OS. The molecule has 22 heavy (non-hydrogen) atoms. The lowest BCUT2D eigenvalue weighted by Gasteiger charge is -2.07. The maximum absolute atomic E-state index is 12.7. The number of furan rings is 1. The number of nitrogens with zero attached hydrogens (tertiary/aromatic N) is 1. The van der Waals surface area contributed by atoms with Crippen molar-refractivity contribution >= 4 is 16.5 Å². The van der Waals surface area contributed by atoms with Crippen molar-refractivity contribution in [1.29, 1.82) is 0 Å². The molecule has 7 heteroatoms. The molecule has 2 aromatic heterocycles. The molecule has 3 rings (SSSR count). The third-order valence-corrected chi connectivity index (χ3v) is 3.78. The fourth-order valence-corrected chi connectivity index (χ4v) is 2.64. The van der Waals surface area contributed by atoms with Gasteiger partial charge >= 0.3 is 6.18 Å². The molecule has 0 spiro atoms. The van der Waals surface area contributed by atoms with Gasteiger partial charge in [-0.3, -0.25) is 0 Å². The molecule has 1 aromatic carbocycles. The van der Waals surface area contributed by atoms with E-state index in [0.29, 0.717) is 22.9 Å². The summed E-state index contributed by atoms with van der Waals surface area (Å²) in [5, 5.41) is 5.42. The minimum atomic E-state index is -4.35. The van der Waals surface area contributed by atoms with E-state index >= 15 is 0 Å². The van der Waals surface area contributed by atoms with Crippen molar-refractivity contribution in [3.05, 3.63) is 59.4 Å². The van der Waals surface area contributed by atoms with Crippen molar-refractivity contribution in [3.8, 4) is 11.3 Å². The minimum absolute atomic E-state index is 0.442. The van der Waals surface area contributed by atoms with Crippen LogP contribution in [-0.4, -0.2) is 4.98 Å². The van der Waals surface area contributed by atoms with Gasteiger partial charge in [-0.25, -0.2) is 4.98 Å². The lowest BCUT2D eigenvalue weighted by molar-refractivity contribution is -0.137. The number of rotatable bonds is 4. The maximum Gasteiger partial charge on any atom is 0.416 e. The van der Waals surface area contributed by atoms with Crippen LogP contribution >= 0.6 is 11.3 Å². The smallest absolute Gasteiger partial charge is 0.416 e. The zero-order valence-corrected chi connectivity index (χ0v) is 12.0. The molecule has 2 heterocycles. The van der Waals surface area contributed by atoms with E-state index in [1.807, 2.05) is 6.07 Å². The lowest BCUT2D eigenvalue weighted by atomic mass is 10.1. The second-order valence-electron chi connectivity index (χ2n) is 4.55. The van der Waals surface area contributed by atoms with Gasteiger partial charge in [0, 0.05) is 10.9 Å². The standard InChI is InChI=1S/C15H11F3N2OS/c16-15(17,18)11-4-1-3-10(7-11)13-9-22-14(20-13)19-8-12-5-2-6-21-12/h1-7,9H,8H2,(H,19,20). The second-order valence-corrected chi connectivity index (χ2v) is 5.41. The molecule has 0 fully saturated rings. The molecule has 0 bridgehead atoms. The molecule has 3 nitrogen and oxygen atoms in total. The fraction of sp³-hybridized carbons (Fsp3) is 0.133. The topological polar surface area (TPSA) is 38.1 Å². The van der Waals surface area contributed by atoms with Gasteiger partial charge in [0.05, 0.1) is 24.1 Å².